The van der Waals surface area contributed by atoms with E-state index in [1.807, 2.05) is 42.9 Å². The highest BCUT2D eigenvalue weighted by Gasteiger charge is 2.17. The number of hydrogen-bond donors (Lipinski definition) is 2. The lowest BCUT2D eigenvalue weighted by Crippen LogP contribution is -2.31. The molecule has 3 N–H and O–H groups in total. The fraction of sp³-hybridized carbons (Fsp3) is 0.357. The predicted octanol–water partition coefficient (Wildman–Crippen LogP) is 2.14. The third-order valence-corrected chi connectivity index (χ3v) is 3.50. The number of aromatic nitrogens is 2. The topological polar surface area (TPSA) is 65.1 Å². The molecule has 1 aromatic heterocycles. The van der Waals surface area contributed by atoms with Crippen molar-refractivity contribution in [2.24, 2.45) is 12.9 Å². The molecule has 2 aromatic rings. The van der Waals surface area contributed by atoms with Crippen LogP contribution in [0.25, 0.3) is 0 Å². The first kappa shape index (κ1) is 14.8. The summed E-state index contributed by atoms with van der Waals surface area (Å²) < 4.78 is 7.20. The van der Waals surface area contributed by atoms with Crippen molar-refractivity contribution in [2.75, 3.05) is 7.11 Å². The summed E-state index contributed by atoms with van der Waals surface area (Å²) in [6, 6.07) is 7.52. The third kappa shape index (κ3) is 3.12. The quantitative estimate of drug-likeness (QED) is 0.655. The van der Waals surface area contributed by atoms with Crippen molar-refractivity contribution in [3.05, 3.63) is 46.2 Å². The van der Waals surface area contributed by atoms with Gasteiger partial charge < -0.3 is 4.74 Å². The van der Waals surface area contributed by atoms with E-state index in [0.29, 0.717) is 11.4 Å². The molecule has 0 aliphatic carbocycles. The van der Waals surface area contributed by atoms with Crippen LogP contribution in [0, 0.1) is 6.92 Å². The number of benzene rings is 1. The number of ether oxygens (including phenoxy) is 1. The average molecular weight is 295 g/mol. The zero-order valence-corrected chi connectivity index (χ0v) is 12.6. The molecule has 0 saturated heterocycles. The fourth-order valence-electron chi connectivity index (χ4n) is 2.33. The second kappa shape index (κ2) is 6.26. The molecule has 108 valence electrons. The van der Waals surface area contributed by atoms with Crippen molar-refractivity contribution in [3.8, 4) is 5.75 Å². The average Bonchev–Trinajstić information content (AvgIpc) is 2.75. The maximum absolute atomic E-state index is 6.06. The highest BCUT2D eigenvalue weighted by molar-refractivity contribution is 6.30. The molecule has 0 amide bonds. The van der Waals surface area contributed by atoms with E-state index in [0.717, 1.165) is 22.7 Å². The van der Waals surface area contributed by atoms with Crippen LogP contribution in [0.5, 0.6) is 5.75 Å². The van der Waals surface area contributed by atoms with E-state index in [1.54, 1.807) is 7.11 Å². The van der Waals surface area contributed by atoms with Gasteiger partial charge in [0, 0.05) is 12.1 Å². The Labute approximate surface area is 123 Å². The van der Waals surface area contributed by atoms with Crippen LogP contribution < -0.4 is 16.0 Å². The predicted molar refractivity (Wildman–Crippen MR) is 79.7 cm³/mol. The van der Waals surface area contributed by atoms with Gasteiger partial charge in [-0.3, -0.25) is 16.0 Å². The third-order valence-electron chi connectivity index (χ3n) is 3.26. The molecule has 0 bridgehead atoms. The van der Waals surface area contributed by atoms with Crippen LogP contribution in [0.3, 0.4) is 0 Å². The van der Waals surface area contributed by atoms with Crippen LogP contribution in [0.15, 0.2) is 24.3 Å². The van der Waals surface area contributed by atoms with Gasteiger partial charge in [-0.2, -0.15) is 5.10 Å². The Hall–Kier alpha value is -1.56. The van der Waals surface area contributed by atoms with E-state index in [4.69, 9.17) is 22.2 Å². The summed E-state index contributed by atoms with van der Waals surface area (Å²) in [6.45, 7) is 1.96. The Kier molecular flexibility index (Phi) is 4.65. The first-order chi connectivity index (χ1) is 9.55. The van der Waals surface area contributed by atoms with E-state index in [2.05, 4.69) is 10.5 Å². The second-order valence-corrected chi connectivity index (χ2v) is 5.15. The number of rotatable bonds is 5. The van der Waals surface area contributed by atoms with Crippen LogP contribution in [-0.2, 0) is 13.5 Å². The SMILES string of the molecule is COc1ccc(Cl)cc1CC(NN)c1cc(C)nn1C. The fourth-order valence-corrected chi connectivity index (χ4v) is 2.53. The van der Waals surface area contributed by atoms with Crippen molar-refractivity contribution < 1.29 is 4.74 Å². The van der Waals surface area contributed by atoms with Gasteiger partial charge in [0.2, 0.25) is 0 Å². The summed E-state index contributed by atoms with van der Waals surface area (Å²) in [7, 11) is 3.55. The lowest BCUT2D eigenvalue weighted by atomic mass is 10.0. The van der Waals surface area contributed by atoms with Crippen LogP contribution in [-0.4, -0.2) is 16.9 Å². The number of hydrazine groups is 1. The second-order valence-electron chi connectivity index (χ2n) is 4.71. The highest BCUT2D eigenvalue weighted by atomic mass is 35.5. The Morgan fingerprint density at radius 3 is 2.75 bits per heavy atom. The Balaban J connectivity index is 2.31. The molecule has 20 heavy (non-hydrogen) atoms. The number of nitrogens with two attached hydrogens (primary N) is 1. The number of halogens is 1. The zero-order valence-electron chi connectivity index (χ0n) is 11.9. The lowest BCUT2D eigenvalue weighted by molar-refractivity contribution is 0.404. The molecular formula is C14H19ClN4O. The first-order valence-electron chi connectivity index (χ1n) is 6.34. The maximum Gasteiger partial charge on any atom is 0.122 e. The first-order valence-corrected chi connectivity index (χ1v) is 6.72. The van der Waals surface area contributed by atoms with E-state index < -0.39 is 0 Å². The molecule has 1 heterocycles. The number of nitrogens with zero attached hydrogens (tertiary/aromatic N) is 2. The Morgan fingerprint density at radius 2 is 2.20 bits per heavy atom. The van der Waals surface area contributed by atoms with Gasteiger partial charge in [0.05, 0.1) is 24.5 Å². The van der Waals surface area contributed by atoms with Gasteiger partial charge in [-0.05, 0) is 43.2 Å². The minimum Gasteiger partial charge on any atom is -0.496 e. The molecule has 6 heteroatoms. The van der Waals surface area contributed by atoms with Crippen LogP contribution in [0.1, 0.15) is 23.0 Å². The Bertz CT molecular complexity index is 597. The van der Waals surface area contributed by atoms with E-state index in [9.17, 15) is 0 Å². The van der Waals surface area contributed by atoms with Gasteiger partial charge in [-0.15, -0.1) is 0 Å². The van der Waals surface area contributed by atoms with Gasteiger partial charge in [0.25, 0.3) is 0 Å². The van der Waals surface area contributed by atoms with Gasteiger partial charge in [-0.25, -0.2) is 0 Å². The standard InChI is InChI=1S/C14H19ClN4O/c1-9-6-13(19(2)18-9)12(17-16)8-10-7-11(15)4-5-14(10)20-3/h4-7,12,17H,8,16H2,1-3H3. The van der Waals surface area contributed by atoms with Crippen LogP contribution >= 0.6 is 11.6 Å². The maximum atomic E-state index is 6.06. The van der Waals surface area contributed by atoms with Crippen molar-refractivity contribution >= 4 is 11.6 Å². The normalized spacial score (nSPS) is 12.4. The summed E-state index contributed by atoms with van der Waals surface area (Å²) in [5.74, 6) is 6.50. The van der Waals surface area contributed by atoms with Gasteiger partial charge in [-0.1, -0.05) is 11.6 Å². The van der Waals surface area contributed by atoms with Crippen molar-refractivity contribution in [3.63, 3.8) is 0 Å². The van der Waals surface area contributed by atoms with E-state index in [-0.39, 0.29) is 6.04 Å². The van der Waals surface area contributed by atoms with Crippen LogP contribution in [0.4, 0.5) is 0 Å². The smallest absolute Gasteiger partial charge is 0.122 e. The van der Waals surface area contributed by atoms with Crippen LogP contribution in [0.2, 0.25) is 5.02 Å². The molecule has 0 fully saturated rings. The molecule has 0 saturated carbocycles. The minimum atomic E-state index is -0.0615. The van der Waals surface area contributed by atoms with Gasteiger partial charge >= 0.3 is 0 Å². The number of aryl methyl sites for hydroxylation is 2. The Morgan fingerprint density at radius 1 is 1.45 bits per heavy atom. The molecule has 2 rings (SSSR count). The summed E-state index contributed by atoms with van der Waals surface area (Å²) in [6.07, 6.45) is 0.666. The van der Waals surface area contributed by atoms with Crippen molar-refractivity contribution in [1.82, 2.24) is 15.2 Å². The molecule has 1 unspecified atom stereocenters. The largest absolute Gasteiger partial charge is 0.496 e. The zero-order chi connectivity index (χ0) is 14.7. The molecular weight excluding hydrogens is 276 g/mol. The number of hydrogen-bond acceptors (Lipinski definition) is 4. The van der Waals surface area contributed by atoms with E-state index in [1.165, 1.54) is 0 Å². The van der Waals surface area contributed by atoms with Crippen molar-refractivity contribution in [1.29, 1.82) is 0 Å². The van der Waals surface area contributed by atoms with E-state index >= 15 is 0 Å². The molecule has 0 spiro atoms. The summed E-state index contributed by atoms with van der Waals surface area (Å²) in [5.41, 5.74) is 5.81. The molecule has 0 aliphatic heterocycles. The van der Waals surface area contributed by atoms with Gasteiger partial charge in [0.15, 0.2) is 0 Å². The summed E-state index contributed by atoms with van der Waals surface area (Å²) >= 11 is 6.06. The molecule has 0 radical (unpaired) electrons. The summed E-state index contributed by atoms with van der Waals surface area (Å²) in [5, 5.41) is 5.02. The van der Waals surface area contributed by atoms with Crippen molar-refractivity contribution in [2.45, 2.75) is 19.4 Å². The molecule has 5 nitrogen and oxygen atoms in total. The van der Waals surface area contributed by atoms with Gasteiger partial charge in [0.1, 0.15) is 5.75 Å². The number of methoxy groups -OCH3 is 1. The monoisotopic (exact) mass is 294 g/mol. The minimum absolute atomic E-state index is 0.0615. The summed E-state index contributed by atoms with van der Waals surface area (Å²) in [4.78, 5) is 0. The lowest BCUT2D eigenvalue weighted by Gasteiger charge is -2.18. The number of nitrogens with one attached hydrogen (secondary N) is 1. The molecule has 1 aromatic carbocycles. The highest BCUT2D eigenvalue weighted by Crippen LogP contribution is 2.27. The molecule has 0 aliphatic rings. The molecule has 1 atom stereocenters.